The Hall–Kier alpha value is -1.59. The molecular weight excluding hydrogens is 352 g/mol. The van der Waals surface area contributed by atoms with Crippen LogP contribution in [0.1, 0.15) is 32.6 Å². The Morgan fingerprint density at radius 3 is 2.16 bits per heavy atom. The highest BCUT2D eigenvalue weighted by molar-refractivity contribution is 7.87. The number of nitrogens with one attached hydrogen (secondary N) is 3. The zero-order valence-corrected chi connectivity index (χ0v) is 15.4. The summed E-state index contributed by atoms with van der Waals surface area (Å²) in [7, 11) is -3.74. The van der Waals surface area contributed by atoms with Gasteiger partial charge in [-0.1, -0.05) is 6.92 Å². The van der Waals surface area contributed by atoms with Gasteiger partial charge in [0.2, 0.25) is 0 Å². The molecule has 11 heteroatoms. The first-order valence-corrected chi connectivity index (χ1v) is 9.99. The Bertz CT molecular complexity index is 507. The van der Waals surface area contributed by atoms with Gasteiger partial charge in [0, 0.05) is 32.7 Å². The maximum atomic E-state index is 11.7. The lowest BCUT2D eigenvalue weighted by molar-refractivity contribution is 0.0969. The van der Waals surface area contributed by atoms with E-state index >= 15 is 0 Å². The minimum atomic E-state index is -3.74. The summed E-state index contributed by atoms with van der Waals surface area (Å²) in [5, 5.41) is 2.50. The monoisotopic (exact) mass is 380 g/mol. The number of nitrogens with zero attached hydrogens (tertiary/aromatic N) is 1. The van der Waals surface area contributed by atoms with Crippen LogP contribution in [0, 0.1) is 0 Å². The van der Waals surface area contributed by atoms with Crippen LogP contribution in [-0.2, 0) is 19.7 Å². The standard InChI is InChI=1S/C14H28N4O6S/c1-2-6-15-13(19)23-11-7-16-25(21,22)17-8-12-24-14(20)18-9-4-3-5-10-18/h16-17H,2-12H2,1H3,(H,15,19). The molecule has 0 aliphatic carbocycles. The molecule has 0 aromatic heterocycles. The van der Waals surface area contributed by atoms with Gasteiger partial charge in [0.05, 0.1) is 0 Å². The highest BCUT2D eigenvalue weighted by Crippen LogP contribution is 2.09. The number of alkyl carbamates (subject to hydrolysis) is 1. The summed E-state index contributed by atoms with van der Waals surface area (Å²) in [5.74, 6) is 0. The number of rotatable bonds is 10. The first-order chi connectivity index (χ1) is 11.9. The molecule has 1 heterocycles. The van der Waals surface area contributed by atoms with Crippen LogP contribution >= 0.6 is 0 Å². The third-order valence-electron chi connectivity index (χ3n) is 3.38. The van der Waals surface area contributed by atoms with Gasteiger partial charge in [0.25, 0.3) is 10.2 Å². The van der Waals surface area contributed by atoms with Crippen LogP contribution in [0.25, 0.3) is 0 Å². The molecule has 2 amide bonds. The number of hydrogen-bond donors (Lipinski definition) is 3. The minimum Gasteiger partial charge on any atom is -0.448 e. The van der Waals surface area contributed by atoms with Gasteiger partial charge in [-0.05, 0) is 25.7 Å². The Labute approximate surface area is 148 Å². The molecule has 0 spiro atoms. The Kier molecular flexibility index (Phi) is 10.2. The van der Waals surface area contributed by atoms with Crippen molar-refractivity contribution >= 4 is 22.4 Å². The van der Waals surface area contributed by atoms with E-state index in [0.717, 1.165) is 25.7 Å². The van der Waals surface area contributed by atoms with Crippen molar-refractivity contribution in [1.29, 1.82) is 0 Å². The maximum Gasteiger partial charge on any atom is 0.409 e. The Balaban J connectivity index is 2.08. The molecule has 0 aromatic rings. The van der Waals surface area contributed by atoms with Gasteiger partial charge < -0.3 is 19.7 Å². The lowest BCUT2D eigenvalue weighted by Gasteiger charge is -2.25. The molecule has 10 nitrogen and oxygen atoms in total. The molecule has 0 unspecified atom stereocenters. The van der Waals surface area contributed by atoms with Crippen molar-refractivity contribution < 1.29 is 27.5 Å². The van der Waals surface area contributed by atoms with E-state index in [1.807, 2.05) is 6.92 Å². The van der Waals surface area contributed by atoms with Crippen molar-refractivity contribution in [2.45, 2.75) is 32.6 Å². The predicted octanol–water partition coefficient (Wildman–Crippen LogP) is 0.169. The lowest BCUT2D eigenvalue weighted by atomic mass is 10.1. The minimum absolute atomic E-state index is 0.0350. The van der Waals surface area contributed by atoms with E-state index in [0.29, 0.717) is 19.6 Å². The molecule has 1 aliphatic rings. The predicted molar refractivity (Wildman–Crippen MR) is 91.3 cm³/mol. The highest BCUT2D eigenvalue weighted by Gasteiger charge is 2.17. The second-order valence-corrected chi connectivity index (χ2v) is 7.10. The van der Waals surface area contributed by atoms with Crippen LogP contribution in [-0.4, -0.2) is 71.4 Å². The van der Waals surface area contributed by atoms with E-state index in [2.05, 4.69) is 14.8 Å². The third kappa shape index (κ3) is 10.1. The molecule has 0 radical (unpaired) electrons. The van der Waals surface area contributed by atoms with Gasteiger partial charge in [-0.25, -0.2) is 9.59 Å². The first kappa shape index (κ1) is 21.5. The third-order valence-corrected chi connectivity index (χ3v) is 4.55. The average Bonchev–Trinajstić information content (AvgIpc) is 2.61. The fraction of sp³-hybridized carbons (Fsp3) is 0.857. The van der Waals surface area contributed by atoms with Crippen LogP contribution in [0.4, 0.5) is 9.59 Å². The van der Waals surface area contributed by atoms with Gasteiger partial charge in [-0.2, -0.15) is 17.9 Å². The zero-order chi connectivity index (χ0) is 18.5. The van der Waals surface area contributed by atoms with Crippen molar-refractivity contribution in [3.05, 3.63) is 0 Å². The first-order valence-electron chi connectivity index (χ1n) is 8.51. The SMILES string of the molecule is CCCNC(=O)OCCNS(=O)(=O)NCCOC(=O)N1CCCCC1. The van der Waals surface area contributed by atoms with E-state index in [1.54, 1.807) is 4.90 Å². The molecule has 0 atom stereocenters. The van der Waals surface area contributed by atoms with Crippen LogP contribution in [0.3, 0.4) is 0 Å². The summed E-state index contributed by atoms with van der Waals surface area (Å²) < 4.78 is 37.6. The van der Waals surface area contributed by atoms with E-state index < -0.39 is 22.4 Å². The van der Waals surface area contributed by atoms with Gasteiger partial charge in [0.15, 0.2) is 0 Å². The fourth-order valence-electron chi connectivity index (χ4n) is 2.13. The smallest absolute Gasteiger partial charge is 0.409 e. The molecule has 146 valence electrons. The van der Waals surface area contributed by atoms with Gasteiger partial charge in [-0.15, -0.1) is 0 Å². The van der Waals surface area contributed by atoms with Crippen LogP contribution in [0.2, 0.25) is 0 Å². The van der Waals surface area contributed by atoms with E-state index in [1.165, 1.54) is 0 Å². The van der Waals surface area contributed by atoms with Gasteiger partial charge in [0.1, 0.15) is 13.2 Å². The number of ether oxygens (including phenoxy) is 2. The molecule has 0 bridgehead atoms. The van der Waals surface area contributed by atoms with Crippen LogP contribution in [0.5, 0.6) is 0 Å². The molecule has 0 saturated carbocycles. The molecule has 0 aromatic carbocycles. The molecule has 1 saturated heterocycles. The number of carbonyl (C=O) groups excluding carboxylic acids is 2. The lowest BCUT2D eigenvalue weighted by Crippen LogP contribution is -2.41. The summed E-state index contributed by atoms with van der Waals surface area (Å²) >= 11 is 0. The molecular formula is C14H28N4O6S. The van der Waals surface area contributed by atoms with Crippen LogP contribution < -0.4 is 14.8 Å². The number of amides is 2. The summed E-state index contributed by atoms with van der Waals surface area (Å²) in [6.07, 6.45) is 2.82. The molecule has 3 N–H and O–H groups in total. The average molecular weight is 380 g/mol. The van der Waals surface area contributed by atoms with Crippen molar-refractivity contribution in [3.8, 4) is 0 Å². The molecule has 1 fully saturated rings. The quantitative estimate of drug-likeness (QED) is 0.464. The maximum absolute atomic E-state index is 11.7. The normalized spacial score (nSPS) is 14.8. The van der Waals surface area contributed by atoms with E-state index in [-0.39, 0.29) is 26.3 Å². The Morgan fingerprint density at radius 1 is 0.960 bits per heavy atom. The number of carbonyl (C=O) groups is 2. The van der Waals surface area contributed by atoms with E-state index in [9.17, 15) is 18.0 Å². The van der Waals surface area contributed by atoms with Crippen molar-refractivity contribution in [2.75, 3.05) is 45.9 Å². The topological polar surface area (TPSA) is 126 Å². The summed E-state index contributed by atoms with van der Waals surface area (Å²) in [5.41, 5.74) is 0. The van der Waals surface area contributed by atoms with Crippen molar-refractivity contribution in [2.24, 2.45) is 0 Å². The number of likely N-dealkylation sites (tertiary alicyclic amines) is 1. The molecule has 1 aliphatic heterocycles. The van der Waals surface area contributed by atoms with Crippen molar-refractivity contribution in [3.63, 3.8) is 0 Å². The molecule has 1 rings (SSSR count). The summed E-state index contributed by atoms with van der Waals surface area (Å²) in [6, 6.07) is 0. The second-order valence-electron chi connectivity index (χ2n) is 5.52. The van der Waals surface area contributed by atoms with Crippen LogP contribution in [0.15, 0.2) is 0 Å². The largest absolute Gasteiger partial charge is 0.448 e. The summed E-state index contributed by atoms with van der Waals surface area (Å²) in [6.45, 7) is 3.55. The number of piperidine rings is 1. The summed E-state index contributed by atoms with van der Waals surface area (Å²) in [4.78, 5) is 24.5. The fourth-order valence-corrected chi connectivity index (χ4v) is 2.94. The number of hydrogen-bond acceptors (Lipinski definition) is 6. The second kappa shape index (κ2) is 11.9. The highest BCUT2D eigenvalue weighted by atomic mass is 32.2. The van der Waals surface area contributed by atoms with Crippen molar-refractivity contribution in [1.82, 2.24) is 19.7 Å². The van der Waals surface area contributed by atoms with Gasteiger partial charge in [-0.3, -0.25) is 0 Å². The van der Waals surface area contributed by atoms with Gasteiger partial charge >= 0.3 is 12.2 Å². The molecule has 25 heavy (non-hydrogen) atoms. The Morgan fingerprint density at radius 2 is 1.56 bits per heavy atom. The van der Waals surface area contributed by atoms with E-state index in [4.69, 9.17) is 9.47 Å². The zero-order valence-electron chi connectivity index (χ0n) is 14.6.